The zero-order valence-electron chi connectivity index (χ0n) is 13.8. The maximum absolute atomic E-state index is 4.83. The molecule has 0 unspecified atom stereocenters. The third-order valence-corrected chi connectivity index (χ3v) is 6.48. The van der Waals surface area contributed by atoms with E-state index in [1.807, 2.05) is 4.52 Å². The number of pyridine rings is 1. The summed E-state index contributed by atoms with van der Waals surface area (Å²) in [5.41, 5.74) is 2.18. The van der Waals surface area contributed by atoms with Gasteiger partial charge in [-0.3, -0.25) is 4.90 Å². The topological polar surface area (TPSA) is 33.4 Å². The third-order valence-electron chi connectivity index (χ3n) is 5.56. The molecule has 1 atom stereocenters. The van der Waals surface area contributed by atoms with Gasteiger partial charge in [-0.05, 0) is 55.8 Å². The standard InChI is InChI=1S/C19H22N4S/c1-5-16(6-1)22-10-2-4-15(12-22)19-20-18-9-8-14(13-23(18)21-19)17-7-3-11-24-17/h3,7-9,11,13,15-16H,1-2,4-6,10,12H2/t15-/m1/s1. The molecule has 5 heteroatoms. The lowest BCUT2D eigenvalue weighted by Crippen LogP contribution is -2.45. The van der Waals surface area contributed by atoms with Crippen molar-refractivity contribution < 1.29 is 0 Å². The highest BCUT2D eigenvalue weighted by Gasteiger charge is 2.31. The van der Waals surface area contributed by atoms with Crippen LogP contribution in [0.2, 0.25) is 0 Å². The van der Waals surface area contributed by atoms with Gasteiger partial charge in [0, 0.05) is 35.1 Å². The highest BCUT2D eigenvalue weighted by Crippen LogP contribution is 2.32. The lowest BCUT2D eigenvalue weighted by atomic mass is 9.87. The number of piperidine rings is 1. The van der Waals surface area contributed by atoms with E-state index in [4.69, 9.17) is 10.1 Å². The molecule has 1 saturated heterocycles. The molecule has 3 aromatic heterocycles. The minimum absolute atomic E-state index is 0.490. The van der Waals surface area contributed by atoms with Crippen LogP contribution < -0.4 is 0 Å². The summed E-state index contributed by atoms with van der Waals surface area (Å²) in [6, 6.07) is 9.32. The molecule has 124 valence electrons. The van der Waals surface area contributed by atoms with Gasteiger partial charge in [-0.2, -0.15) is 5.10 Å². The SMILES string of the molecule is c1csc(-c2ccc3nc([C@@H]4CCCN(C5CCC5)C4)nn3c2)c1. The minimum Gasteiger partial charge on any atom is -0.300 e. The molecule has 4 heterocycles. The third kappa shape index (κ3) is 2.56. The molecule has 0 radical (unpaired) electrons. The van der Waals surface area contributed by atoms with Crippen LogP contribution in [0.5, 0.6) is 0 Å². The van der Waals surface area contributed by atoms with Crippen molar-refractivity contribution >= 4 is 17.0 Å². The van der Waals surface area contributed by atoms with E-state index < -0.39 is 0 Å². The fourth-order valence-corrected chi connectivity index (χ4v) is 4.68. The molecule has 1 aliphatic heterocycles. The van der Waals surface area contributed by atoms with Gasteiger partial charge >= 0.3 is 0 Å². The predicted octanol–water partition coefficient (Wildman–Crippen LogP) is 4.19. The molecule has 0 amide bonds. The minimum atomic E-state index is 0.490. The van der Waals surface area contributed by atoms with Crippen LogP contribution in [0.15, 0.2) is 35.8 Å². The zero-order valence-corrected chi connectivity index (χ0v) is 14.6. The van der Waals surface area contributed by atoms with Crippen molar-refractivity contribution in [3.8, 4) is 10.4 Å². The van der Waals surface area contributed by atoms with Crippen molar-refractivity contribution in [1.82, 2.24) is 19.5 Å². The number of rotatable bonds is 3. The second-order valence-electron chi connectivity index (χ2n) is 7.09. The fourth-order valence-electron chi connectivity index (χ4n) is 3.96. The molecular weight excluding hydrogens is 316 g/mol. The summed E-state index contributed by atoms with van der Waals surface area (Å²) in [6.07, 6.45) is 8.79. The molecule has 1 saturated carbocycles. The van der Waals surface area contributed by atoms with E-state index in [2.05, 4.69) is 40.7 Å². The summed E-state index contributed by atoms with van der Waals surface area (Å²) in [6.45, 7) is 2.40. The van der Waals surface area contributed by atoms with Crippen molar-refractivity contribution in [1.29, 1.82) is 0 Å². The Bertz CT molecular complexity index is 834. The summed E-state index contributed by atoms with van der Waals surface area (Å²) >= 11 is 1.76. The zero-order chi connectivity index (χ0) is 15.9. The lowest BCUT2D eigenvalue weighted by Gasteiger charge is -2.41. The number of hydrogen-bond donors (Lipinski definition) is 0. The summed E-state index contributed by atoms with van der Waals surface area (Å²) in [4.78, 5) is 8.79. The summed E-state index contributed by atoms with van der Waals surface area (Å²) < 4.78 is 1.96. The van der Waals surface area contributed by atoms with Crippen LogP contribution in [-0.4, -0.2) is 38.6 Å². The first-order chi connectivity index (χ1) is 11.9. The van der Waals surface area contributed by atoms with Crippen LogP contribution in [0.25, 0.3) is 16.1 Å². The van der Waals surface area contributed by atoms with E-state index in [1.54, 1.807) is 11.3 Å². The summed E-state index contributed by atoms with van der Waals surface area (Å²) in [5.74, 6) is 1.52. The van der Waals surface area contributed by atoms with Crippen LogP contribution >= 0.6 is 11.3 Å². The van der Waals surface area contributed by atoms with Gasteiger partial charge in [0.15, 0.2) is 11.5 Å². The van der Waals surface area contributed by atoms with Gasteiger partial charge in [-0.25, -0.2) is 9.50 Å². The number of likely N-dealkylation sites (tertiary alicyclic amines) is 1. The van der Waals surface area contributed by atoms with Gasteiger partial charge in [0.05, 0.1) is 0 Å². The Morgan fingerprint density at radius 1 is 1.08 bits per heavy atom. The average molecular weight is 338 g/mol. The van der Waals surface area contributed by atoms with Gasteiger partial charge in [0.2, 0.25) is 0 Å². The van der Waals surface area contributed by atoms with Crippen molar-refractivity contribution in [2.75, 3.05) is 13.1 Å². The number of fused-ring (bicyclic) bond motifs is 1. The van der Waals surface area contributed by atoms with E-state index in [1.165, 1.54) is 49.1 Å². The van der Waals surface area contributed by atoms with E-state index in [0.717, 1.165) is 24.1 Å². The van der Waals surface area contributed by atoms with E-state index in [0.29, 0.717) is 5.92 Å². The van der Waals surface area contributed by atoms with Crippen LogP contribution in [0.4, 0.5) is 0 Å². The Morgan fingerprint density at radius 2 is 2.04 bits per heavy atom. The number of nitrogens with zero attached hydrogens (tertiary/aromatic N) is 4. The van der Waals surface area contributed by atoms with Crippen LogP contribution in [-0.2, 0) is 0 Å². The molecule has 3 aromatic rings. The molecule has 0 N–H and O–H groups in total. The van der Waals surface area contributed by atoms with E-state index >= 15 is 0 Å². The maximum Gasteiger partial charge on any atom is 0.156 e. The first-order valence-corrected chi connectivity index (χ1v) is 9.89. The molecule has 0 spiro atoms. The second-order valence-corrected chi connectivity index (χ2v) is 8.03. The van der Waals surface area contributed by atoms with Crippen molar-refractivity contribution in [2.45, 2.75) is 44.1 Å². The molecule has 2 fully saturated rings. The Kier molecular flexibility index (Phi) is 3.64. The van der Waals surface area contributed by atoms with Crippen molar-refractivity contribution in [3.63, 3.8) is 0 Å². The smallest absolute Gasteiger partial charge is 0.156 e. The lowest BCUT2D eigenvalue weighted by molar-refractivity contribution is 0.0929. The normalized spacial score (nSPS) is 22.8. The maximum atomic E-state index is 4.83. The molecule has 4 nitrogen and oxygen atoms in total. The Labute approximate surface area is 146 Å². The van der Waals surface area contributed by atoms with Gasteiger partial charge in [0.25, 0.3) is 0 Å². The predicted molar refractivity (Wildman–Crippen MR) is 97.5 cm³/mol. The monoisotopic (exact) mass is 338 g/mol. The first-order valence-electron chi connectivity index (χ1n) is 9.01. The molecule has 1 aliphatic carbocycles. The summed E-state index contributed by atoms with van der Waals surface area (Å²) in [7, 11) is 0. The summed E-state index contributed by atoms with van der Waals surface area (Å²) in [5, 5.41) is 6.94. The van der Waals surface area contributed by atoms with Crippen molar-refractivity contribution in [3.05, 3.63) is 41.7 Å². The molecule has 2 aliphatic rings. The molecule has 5 rings (SSSR count). The van der Waals surface area contributed by atoms with Crippen LogP contribution in [0, 0.1) is 0 Å². The number of aromatic nitrogens is 3. The highest BCUT2D eigenvalue weighted by atomic mass is 32.1. The van der Waals surface area contributed by atoms with Gasteiger partial charge in [0.1, 0.15) is 0 Å². The second kappa shape index (κ2) is 5.97. The van der Waals surface area contributed by atoms with Crippen LogP contribution in [0.3, 0.4) is 0 Å². The van der Waals surface area contributed by atoms with Gasteiger partial charge in [-0.1, -0.05) is 12.5 Å². The molecule has 0 bridgehead atoms. The average Bonchev–Trinajstić information content (AvgIpc) is 3.22. The molecule has 24 heavy (non-hydrogen) atoms. The van der Waals surface area contributed by atoms with Crippen LogP contribution in [0.1, 0.15) is 43.8 Å². The van der Waals surface area contributed by atoms with Gasteiger partial charge < -0.3 is 0 Å². The molecular formula is C19H22N4S. The highest BCUT2D eigenvalue weighted by molar-refractivity contribution is 7.13. The number of hydrogen-bond acceptors (Lipinski definition) is 4. The first kappa shape index (κ1) is 14.6. The van der Waals surface area contributed by atoms with E-state index in [9.17, 15) is 0 Å². The Hall–Kier alpha value is -1.72. The van der Waals surface area contributed by atoms with Gasteiger partial charge in [-0.15, -0.1) is 11.3 Å². The largest absolute Gasteiger partial charge is 0.300 e. The Morgan fingerprint density at radius 3 is 2.83 bits per heavy atom. The van der Waals surface area contributed by atoms with E-state index in [-0.39, 0.29) is 0 Å². The quantitative estimate of drug-likeness (QED) is 0.718. The molecule has 0 aromatic carbocycles. The number of thiophene rings is 1. The van der Waals surface area contributed by atoms with Crippen molar-refractivity contribution in [2.24, 2.45) is 0 Å². The fraction of sp³-hybridized carbons (Fsp3) is 0.474. The Balaban J connectivity index is 1.42.